The van der Waals surface area contributed by atoms with Crippen LogP contribution in [0.25, 0.3) is 0 Å². The average Bonchev–Trinajstić information content (AvgIpc) is 3.12. The van der Waals surface area contributed by atoms with E-state index in [1.807, 2.05) is 0 Å². The second-order valence-corrected chi connectivity index (χ2v) is 9.67. The van der Waals surface area contributed by atoms with E-state index in [1.54, 1.807) is 0 Å². The number of carboxylic acid groups (broad SMARTS) is 1. The van der Waals surface area contributed by atoms with Crippen molar-refractivity contribution in [2.45, 2.75) is 42.7 Å². The molecule has 6 nitrogen and oxygen atoms in total. The average molecular weight is 384 g/mol. The highest BCUT2D eigenvalue weighted by molar-refractivity contribution is 7.89. The van der Waals surface area contributed by atoms with Crippen LogP contribution in [0.1, 0.15) is 36.0 Å². The largest absolute Gasteiger partial charge is 0.478 e. The number of aromatic carboxylic acids is 1. The van der Waals surface area contributed by atoms with Gasteiger partial charge >= 0.3 is 5.97 Å². The van der Waals surface area contributed by atoms with E-state index in [0.29, 0.717) is 17.9 Å². The molecule has 0 radical (unpaired) electrons. The molecule has 0 amide bonds. The molecule has 0 aliphatic heterocycles. The fraction of sp³-hybridized carbons (Fsp3) is 0.611. The molecule has 1 N–H and O–H groups in total. The molecule has 1 aromatic rings. The summed E-state index contributed by atoms with van der Waals surface area (Å²) in [5, 5.41) is 9.06. The van der Waals surface area contributed by atoms with Gasteiger partial charge in [-0.25, -0.2) is 17.6 Å². The molecule has 2 aliphatic rings. The summed E-state index contributed by atoms with van der Waals surface area (Å²) in [4.78, 5) is 12.8. The Morgan fingerprint density at radius 1 is 1.08 bits per heavy atom. The van der Waals surface area contributed by atoms with Crippen LogP contribution in [0.2, 0.25) is 0 Å². The molecule has 0 spiro atoms. The Balaban J connectivity index is 1.79. The van der Waals surface area contributed by atoms with E-state index in [9.17, 15) is 17.6 Å². The zero-order chi connectivity index (χ0) is 19.2. The fourth-order valence-corrected chi connectivity index (χ4v) is 5.92. The molecule has 2 fully saturated rings. The minimum atomic E-state index is -4.09. The summed E-state index contributed by atoms with van der Waals surface area (Å²) in [6.07, 6.45) is 3.66. The maximum absolute atomic E-state index is 14.1. The summed E-state index contributed by atoms with van der Waals surface area (Å²) in [5.41, 5.74) is -0.240. The maximum Gasteiger partial charge on any atom is 0.335 e. The molecule has 0 bridgehead atoms. The van der Waals surface area contributed by atoms with Crippen molar-refractivity contribution >= 4 is 16.0 Å². The van der Waals surface area contributed by atoms with Gasteiger partial charge in [0.2, 0.25) is 10.0 Å². The Labute approximate surface area is 153 Å². The SMILES string of the molecule is CN(C)C1C[C@@H]2CC(N(C)S(=O)(=O)c3cc(C(=O)O)ccc3F)C[C@@H]2C1. The zero-order valence-electron chi connectivity index (χ0n) is 15.2. The van der Waals surface area contributed by atoms with Crippen LogP contribution in [0.15, 0.2) is 23.1 Å². The Bertz CT molecular complexity index is 797. The number of hydrogen-bond donors (Lipinski definition) is 1. The molecule has 26 heavy (non-hydrogen) atoms. The minimum Gasteiger partial charge on any atom is -0.478 e. The van der Waals surface area contributed by atoms with Crippen molar-refractivity contribution < 1.29 is 22.7 Å². The van der Waals surface area contributed by atoms with E-state index in [0.717, 1.165) is 43.9 Å². The number of nitrogens with zero attached hydrogens (tertiary/aromatic N) is 2. The molecule has 0 saturated heterocycles. The standard InChI is InChI=1S/C18H25FN2O4S/c1-20(2)14-6-12-8-15(9-13(12)7-14)21(3)26(24,25)17-10-11(18(22)23)4-5-16(17)19/h4-5,10,12-15H,6-9H2,1-3H3,(H,22,23)/t12-,13+,14?,15?. The maximum atomic E-state index is 14.1. The number of carboxylic acids is 1. The Morgan fingerprint density at radius 3 is 2.12 bits per heavy atom. The van der Waals surface area contributed by atoms with Gasteiger partial charge in [-0.2, -0.15) is 4.31 Å². The monoisotopic (exact) mass is 384 g/mol. The summed E-state index contributed by atoms with van der Waals surface area (Å²) in [5.74, 6) is -1.23. The van der Waals surface area contributed by atoms with Gasteiger partial charge < -0.3 is 10.0 Å². The van der Waals surface area contributed by atoms with Crippen LogP contribution in [-0.4, -0.2) is 61.9 Å². The first-order valence-corrected chi connectivity index (χ1v) is 10.2. The van der Waals surface area contributed by atoms with Crippen LogP contribution in [0.4, 0.5) is 4.39 Å². The molecule has 144 valence electrons. The van der Waals surface area contributed by atoms with Gasteiger partial charge in [-0.3, -0.25) is 0 Å². The predicted molar refractivity (Wildman–Crippen MR) is 95.0 cm³/mol. The lowest BCUT2D eigenvalue weighted by Gasteiger charge is -2.26. The molecular formula is C18H25FN2O4S. The summed E-state index contributed by atoms with van der Waals surface area (Å²) in [7, 11) is 1.52. The van der Waals surface area contributed by atoms with Crippen molar-refractivity contribution in [2.24, 2.45) is 11.8 Å². The highest BCUT2D eigenvalue weighted by atomic mass is 32.2. The lowest BCUT2D eigenvalue weighted by molar-refractivity contribution is 0.0696. The first-order chi connectivity index (χ1) is 12.1. The van der Waals surface area contributed by atoms with Crippen molar-refractivity contribution in [3.8, 4) is 0 Å². The number of sulfonamides is 1. The molecule has 3 rings (SSSR count). The lowest BCUT2D eigenvalue weighted by Crippen LogP contribution is -2.37. The third-order valence-electron chi connectivity index (χ3n) is 6.05. The first kappa shape index (κ1) is 19.3. The van der Waals surface area contributed by atoms with Crippen LogP contribution in [0.5, 0.6) is 0 Å². The van der Waals surface area contributed by atoms with Crippen LogP contribution < -0.4 is 0 Å². The number of hydrogen-bond acceptors (Lipinski definition) is 4. The summed E-state index contributed by atoms with van der Waals surface area (Å²) >= 11 is 0. The second-order valence-electron chi connectivity index (χ2n) is 7.71. The molecule has 2 aliphatic carbocycles. The van der Waals surface area contributed by atoms with Gasteiger partial charge in [0.25, 0.3) is 0 Å². The third kappa shape index (κ3) is 3.37. The smallest absolute Gasteiger partial charge is 0.335 e. The highest BCUT2D eigenvalue weighted by Gasteiger charge is 2.45. The van der Waals surface area contributed by atoms with Gasteiger partial charge in [0.05, 0.1) is 5.56 Å². The summed E-state index contributed by atoms with van der Waals surface area (Å²) < 4.78 is 41.2. The Hall–Kier alpha value is -1.51. The van der Waals surface area contributed by atoms with E-state index >= 15 is 0 Å². The van der Waals surface area contributed by atoms with Gasteiger partial charge in [-0.1, -0.05) is 0 Å². The number of benzene rings is 1. The van der Waals surface area contributed by atoms with Gasteiger partial charge in [-0.05, 0) is 69.8 Å². The van der Waals surface area contributed by atoms with Gasteiger partial charge in [-0.15, -0.1) is 0 Å². The van der Waals surface area contributed by atoms with E-state index < -0.39 is 26.7 Å². The van der Waals surface area contributed by atoms with Gasteiger partial charge in [0.15, 0.2) is 0 Å². The number of carbonyl (C=O) groups is 1. The normalized spacial score (nSPS) is 28.7. The Kier molecular flexibility index (Phi) is 5.11. The van der Waals surface area contributed by atoms with E-state index in [-0.39, 0.29) is 11.6 Å². The number of halogens is 1. The van der Waals surface area contributed by atoms with Crippen LogP contribution >= 0.6 is 0 Å². The summed E-state index contributed by atoms with van der Waals surface area (Å²) in [6.45, 7) is 0. The van der Waals surface area contributed by atoms with E-state index in [4.69, 9.17) is 5.11 Å². The molecule has 4 atom stereocenters. The Morgan fingerprint density at radius 2 is 1.62 bits per heavy atom. The number of fused-ring (bicyclic) bond motifs is 1. The molecule has 2 saturated carbocycles. The van der Waals surface area contributed by atoms with Crippen molar-refractivity contribution in [1.82, 2.24) is 9.21 Å². The molecule has 8 heteroatoms. The van der Waals surface area contributed by atoms with Crippen molar-refractivity contribution in [1.29, 1.82) is 0 Å². The number of rotatable bonds is 5. The van der Waals surface area contributed by atoms with Gasteiger partial charge in [0.1, 0.15) is 10.7 Å². The zero-order valence-corrected chi connectivity index (χ0v) is 16.0. The topological polar surface area (TPSA) is 77.9 Å². The fourth-order valence-electron chi connectivity index (χ4n) is 4.46. The van der Waals surface area contributed by atoms with Crippen LogP contribution in [0.3, 0.4) is 0 Å². The van der Waals surface area contributed by atoms with E-state index in [1.165, 1.54) is 11.4 Å². The third-order valence-corrected chi connectivity index (χ3v) is 7.97. The minimum absolute atomic E-state index is 0.175. The van der Waals surface area contributed by atoms with Crippen LogP contribution in [0, 0.1) is 17.7 Å². The lowest BCUT2D eigenvalue weighted by atomic mass is 10.0. The molecule has 0 heterocycles. The van der Waals surface area contributed by atoms with Crippen molar-refractivity contribution in [3.05, 3.63) is 29.6 Å². The van der Waals surface area contributed by atoms with Crippen molar-refractivity contribution in [3.63, 3.8) is 0 Å². The second kappa shape index (κ2) is 6.90. The first-order valence-electron chi connectivity index (χ1n) is 8.78. The van der Waals surface area contributed by atoms with Crippen molar-refractivity contribution in [2.75, 3.05) is 21.1 Å². The predicted octanol–water partition coefficient (Wildman–Crippen LogP) is 2.26. The summed E-state index contributed by atoms with van der Waals surface area (Å²) in [6, 6.07) is 3.23. The van der Waals surface area contributed by atoms with Gasteiger partial charge in [0, 0.05) is 19.1 Å². The molecule has 0 aromatic heterocycles. The molecular weight excluding hydrogens is 359 g/mol. The molecule has 1 aromatic carbocycles. The quantitative estimate of drug-likeness (QED) is 0.843. The molecule has 2 unspecified atom stereocenters. The highest BCUT2D eigenvalue weighted by Crippen LogP contribution is 2.47. The van der Waals surface area contributed by atoms with E-state index in [2.05, 4.69) is 19.0 Å². The van der Waals surface area contributed by atoms with Crippen LogP contribution in [-0.2, 0) is 10.0 Å².